The van der Waals surface area contributed by atoms with Crippen molar-refractivity contribution in [2.24, 2.45) is 0 Å². The Morgan fingerprint density at radius 3 is 1.87 bits per heavy atom. The van der Waals surface area contributed by atoms with Gasteiger partial charge in [-0.2, -0.15) is 15.0 Å². The molecule has 2 aliphatic carbocycles. The van der Waals surface area contributed by atoms with Gasteiger partial charge in [0.2, 0.25) is 23.7 Å². The van der Waals surface area contributed by atoms with Gasteiger partial charge < -0.3 is 10.6 Å². The minimum atomic E-state index is -2.75. The predicted molar refractivity (Wildman–Crippen MR) is 100 cm³/mol. The van der Waals surface area contributed by atoms with Crippen LogP contribution in [0.25, 0.3) is 11.5 Å². The topological polar surface area (TPSA) is 75.6 Å². The molecule has 0 radical (unpaired) electrons. The molecule has 30 heavy (non-hydrogen) atoms. The van der Waals surface area contributed by atoms with Gasteiger partial charge in [-0.05, 0) is 25.0 Å². The van der Waals surface area contributed by atoms with Gasteiger partial charge in [0.15, 0.2) is 5.82 Å². The number of rotatable bonds is 6. The number of hydrogen-bond donors (Lipinski definition) is 2. The molecule has 2 aliphatic rings. The van der Waals surface area contributed by atoms with E-state index in [0.717, 1.165) is 0 Å². The molecule has 0 saturated heterocycles. The third-order valence-corrected chi connectivity index (χ3v) is 5.28. The highest BCUT2D eigenvalue weighted by molar-refractivity contribution is 5.54. The van der Waals surface area contributed by atoms with Gasteiger partial charge in [-0.1, -0.05) is 6.07 Å². The highest BCUT2D eigenvalue weighted by Crippen LogP contribution is 2.37. The van der Waals surface area contributed by atoms with Crippen LogP contribution in [-0.2, 0) is 6.67 Å². The van der Waals surface area contributed by atoms with E-state index in [4.69, 9.17) is 0 Å². The monoisotopic (exact) mass is 428 g/mol. The van der Waals surface area contributed by atoms with Crippen molar-refractivity contribution in [3.63, 3.8) is 0 Å². The summed E-state index contributed by atoms with van der Waals surface area (Å²) in [4.78, 5) is 16.8. The van der Waals surface area contributed by atoms with Crippen molar-refractivity contribution >= 4 is 11.9 Å². The molecule has 162 valence electrons. The number of nitrogens with zero attached hydrogens (tertiary/aromatic N) is 4. The number of aromatic nitrogens is 4. The number of alkyl halides is 5. The van der Waals surface area contributed by atoms with E-state index in [0.29, 0.717) is 0 Å². The van der Waals surface area contributed by atoms with Gasteiger partial charge in [0.1, 0.15) is 12.4 Å². The van der Waals surface area contributed by atoms with Crippen molar-refractivity contribution in [1.29, 1.82) is 0 Å². The molecule has 2 saturated carbocycles. The van der Waals surface area contributed by atoms with Crippen LogP contribution in [0.1, 0.15) is 44.2 Å². The Morgan fingerprint density at radius 1 is 0.833 bits per heavy atom. The molecule has 2 aromatic rings. The molecule has 2 heterocycles. The Balaban J connectivity index is 1.61. The largest absolute Gasteiger partial charge is 0.351 e. The first-order chi connectivity index (χ1) is 14.2. The predicted octanol–water partition coefficient (Wildman–Crippen LogP) is 4.60. The molecule has 2 N–H and O–H groups in total. The van der Waals surface area contributed by atoms with Crippen molar-refractivity contribution in [2.45, 2.75) is 69.1 Å². The lowest BCUT2D eigenvalue weighted by atomic mass is 10.2. The SMILES string of the molecule is FCc1cccc(-c2nc(N[C@H]3CCC(F)(F)C3)nc(N[C@H]3CCC(F)(F)C3)n2)n1. The first kappa shape index (κ1) is 20.7. The fraction of sp³-hybridized carbons (Fsp3) is 0.579. The van der Waals surface area contributed by atoms with Crippen LogP contribution in [0.5, 0.6) is 0 Å². The molecule has 2 atom stereocenters. The van der Waals surface area contributed by atoms with Crippen LogP contribution in [0.15, 0.2) is 18.2 Å². The maximum absolute atomic E-state index is 13.5. The van der Waals surface area contributed by atoms with Gasteiger partial charge in [-0.25, -0.2) is 26.9 Å². The molecule has 0 amide bonds. The van der Waals surface area contributed by atoms with Crippen LogP contribution >= 0.6 is 0 Å². The summed E-state index contributed by atoms with van der Waals surface area (Å²) in [6, 6.07) is 3.63. The lowest BCUT2D eigenvalue weighted by Gasteiger charge is -2.17. The zero-order valence-corrected chi connectivity index (χ0v) is 16.0. The van der Waals surface area contributed by atoms with Crippen molar-refractivity contribution in [3.05, 3.63) is 23.9 Å². The highest BCUT2D eigenvalue weighted by Gasteiger charge is 2.41. The minimum absolute atomic E-state index is 0.0439. The quantitative estimate of drug-likeness (QED) is 0.655. The Morgan fingerprint density at radius 2 is 1.40 bits per heavy atom. The molecular formula is C19H21F5N6. The summed E-state index contributed by atoms with van der Waals surface area (Å²) in [5.74, 6) is -5.31. The van der Waals surface area contributed by atoms with E-state index in [1.54, 1.807) is 12.1 Å². The third-order valence-electron chi connectivity index (χ3n) is 5.28. The van der Waals surface area contributed by atoms with Gasteiger partial charge in [0.05, 0.1) is 5.69 Å². The summed E-state index contributed by atoms with van der Waals surface area (Å²) < 4.78 is 67.1. The van der Waals surface area contributed by atoms with E-state index in [9.17, 15) is 22.0 Å². The average Bonchev–Trinajstić information content (AvgIpc) is 3.21. The summed E-state index contributed by atoms with van der Waals surface area (Å²) in [6.45, 7) is -0.774. The fourth-order valence-corrected chi connectivity index (χ4v) is 3.81. The Labute approximate surface area is 169 Å². The molecule has 0 aliphatic heterocycles. The van der Waals surface area contributed by atoms with E-state index in [1.165, 1.54) is 6.07 Å². The molecule has 11 heteroatoms. The number of pyridine rings is 1. The Kier molecular flexibility index (Phi) is 5.46. The molecule has 0 bridgehead atoms. The van der Waals surface area contributed by atoms with Crippen molar-refractivity contribution in [1.82, 2.24) is 19.9 Å². The first-order valence-electron chi connectivity index (χ1n) is 9.78. The summed E-state index contributed by atoms with van der Waals surface area (Å²) in [5.41, 5.74) is 0.454. The smallest absolute Gasteiger partial charge is 0.250 e. The molecule has 6 nitrogen and oxygen atoms in total. The van der Waals surface area contributed by atoms with E-state index >= 15 is 0 Å². The molecule has 2 aromatic heterocycles. The van der Waals surface area contributed by atoms with E-state index < -0.39 is 30.6 Å². The maximum Gasteiger partial charge on any atom is 0.250 e. The lowest BCUT2D eigenvalue weighted by Crippen LogP contribution is -2.23. The van der Waals surface area contributed by atoms with Gasteiger partial charge in [0, 0.05) is 37.8 Å². The number of nitrogens with one attached hydrogen (secondary N) is 2. The fourth-order valence-electron chi connectivity index (χ4n) is 3.81. The molecule has 0 spiro atoms. The Hall–Kier alpha value is -2.59. The Bertz CT molecular complexity index is 862. The van der Waals surface area contributed by atoms with E-state index in [-0.39, 0.29) is 67.6 Å². The molecule has 0 unspecified atom stereocenters. The highest BCUT2D eigenvalue weighted by atomic mass is 19.3. The normalized spacial score (nSPS) is 24.7. The number of hydrogen-bond acceptors (Lipinski definition) is 6. The summed E-state index contributed by atoms with van der Waals surface area (Å²) in [5, 5.41) is 5.77. The van der Waals surface area contributed by atoms with Gasteiger partial charge in [-0.15, -0.1) is 0 Å². The second-order valence-corrected chi connectivity index (χ2v) is 7.83. The average molecular weight is 428 g/mol. The molecular weight excluding hydrogens is 407 g/mol. The standard InChI is InChI=1S/C19H21F5N6/c20-10-13-2-1-3-14(25-13)15-28-16(26-11-4-6-18(21,22)8-11)30-17(29-15)27-12-5-7-19(23,24)9-12/h1-3,11-12H,4-10H2,(H2,26,27,28,29,30)/t11-,12-/m0/s1. The minimum Gasteiger partial charge on any atom is -0.351 e. The molecule has 4 rings (SSSR count). The van der Waals surface area contributed by atoms with Crippen LogP contribution in [0.2, 0.25) is 0 Å². The number of anilines is 2. The summed E-state index contributed by atoms with van der Waals surface area (Å²) >= 11 is 0. The van der Waals surface area contributed by atoms with Gasteiger partial charge in [-0.3, -0.25) is 0 Å². The summed E-state index contributed by atoms with van der Waals surface area (Å²) in [7, 11) is 0. The van der Waals surface area contributed by atoms with Gasteiger partial charge >= 0.3 is 0 Å². The van der Waals surface area contributed by atoms with Crippen LogP contribution in [0, 0.1) is 0 Å². The second-order valence-electron chi connectivity index (χ2n) is 7.83. The van der Waals surface area contributed by atoms with Crippen LogP contribution in [-0.4, -0.2) is 43.9 Å². The second kappa shape index (κ2) is 7.92. The van der Waals surface area contributed by atoms with Crippen molar-refractivity contribution < 1.29 is 22.0 Å². The van der Waals surface area contributed by atoms with E-state index in [1.807, 2.05) is 0 Å². The zero-order chi connectivity index (χ0) is 21.4. The first-order valence-corrected chi connectivity index (χ1v) is 9.78. The van der Waals surface area contributed by atoms with Crippen molar-refractivity contribution in [3.8, 4) is 11.5 Å². The van der Waals surface area contributed by atoms with Crippen LogP contribution in [0.3, 0.4) is 0 Å². The van der Waals surface area contributed by atoms with Gasteiger partial charge in [0.25, 0.3) is 0 Å². The lowest BCUT2D eigenvalue weighted by molar-refractivity contribution is 0.00781. The maximum atomic E-state index is 13.5. The summed E-state index contributed by atoms with van der Waals surface area (Å²) in [6.07, 6.45) is -0.652. The van der Waals surface area contributed by atoms with Crippen molar-refractivity contribution in [2.75, 3.05) is 10.6 Å². The molecule has 2 fully saturated rings. The van der Waals surface area contributed by atoms with Crippen LogP contribution in [0.4, 0.5) is 33.8 Å². The number of halogens is 5. The third kappa shape index (κ3) is 4.93. The zero-order valence-electron chi connectivity index (χ0n) is 16.0. The van der Waals surface area contributed by atoms with Crippen LogP contribution < -0.4 is 10.6 Å². The van der Waals surface area contributed by atoms with E-state index in [2.05, 4.69) is 30.6 Å². The molecule has 0 aromatic carbocycles.